The van der Waals surface area contributed by atoms with Crippen LogP contribution in [0.4, 0.5) is 0 Å². The highest BCUT2D eigenvalue weighted by molar-refractivity contribution is 5.27. The molecule has 1 aliphatic rings. The first-order valence-corrected chi connectivity index (χ1v) is 6.48. The molecule has 1 aromatic carbocycles. The molecule has 0 atom stereocenters. The van der Waals surface area contributed by atoms with E-state index in [1.165, 1.54) is 5.56 Å². The molecule has 0 spiro atoms. The minimum absolute atomic E-state index is 0.561. The van der Waals surface area contributed by atoms with Gasteiger partial charge in [0.1, 0.15) is 5.75 Å². The van der Waals surface area contributed by atoms with E-state index >= 15 is 0 Å². The van der Waals surface area contributed by atoms with E-state index in [1.807, 2.05) is 19.2 Å². The van der Waals surface area contributed by atoms with Crippen molar-refractivity contribution in [2.75, 3.05) is 27.4 Å². The maximum absolute atomic E-state index is 5.40. The number of nitrogens with one attached hydrogen (secondary N) is 1. The third kappa shape index (κ3) is 3.45. The SMILES string of the molecule is CNN(Cc1ccc(OC)cc1)C1CCOCC1. The summed E-state index contributed by atoms with van der Waals surface area (Å²) in [5.74, 6) is 0.904. The van der Waals surface area contributed by atoms with Crippen LogP contribution < -0.4 is 10.2 Å². The molecule has 1 saturated heterocycles. The minimum atomic E-state index is 0.561. The molecule has 100 valence electrons. The molecule has 0 bridgehead atoms. The summed E-state index contributed by atoms with van der Waals surface area (Å²) in [6, 6.07) is 8.80. The Kier molecular flexibility index (Phi) is 4.99. The van der Waals surface area contributed by atoms with E-state index in [2.05, 4.69) is 22.6 Å². The second kappa shape index (κ2) is 6.73. The topological polar surface area (TPSA) is 33.7 Å². The summed E-state index contributed by atoms with van der Waals surface area (Å²) < 4.78 is 10.6. The van der Waals surface area contributed by atoms with Gasteiger partial charge in [0.05, 0.1) is 7.11 Å². The van der Waals surface area contributed by atoms with Crippen molar-refractivity contribution in [3.8, 4) is 5.75 Å². The minimum Gasteiger partial charge on any atom is -0.497 e. The van der Waals surface area contributed by atoms with Crippen LogP contribution in [0.25, 0.3) is 0 Å². The number of nitrogens with zero attached hydrogens (tertiary/aromatic N) is 1. The second-order valence-corrected chi connectivity index (χ2v) is 4.54. The van der Waals surface area contributed by atoms with Gasteiger partial charge in [-0.2, -0.15) is 0 Å². The van der Waals surface area contributed by atoms with Gasteiger partial charge < -0.3 is 9.47 Å². The Morgan fingerprint density at radius 2 is 1.94 bits per heavy atom. The van der Waals surface area contributed by atoms with Crippen molar-refractivity contribution >= 4 is 0 Å². The van der Waals surface area contributed by atoms with Crippen LogP contribution in [-0.2, 0) is 11.3 Å². The smallest absolute Gasteiger partial charge is 0.118 e. The number of benzene rings is 1. The molecule has 18 heavy (non-hydrogen) atoms. The van der Waals surface area contributed by atoms with Crippen LogP contribution in [0.1, 0.15) is 18.4 Å². The lowest BCUT2D eigenvalue weighted by Crippen LogP contribution is -2.45. The van der Waals surface area contributed by atoms with Crippen LogP contribution in [0.15, 0.2) is 24.3 Å². The van der Waals surface area contributed by atoms with E-state index in [1.54, 1.807) is 7.11 Å². The molecular weight excluding hydrogens is 228 g/mol. The second-order valence-electron chi connectivity index (χ2n) is 4.54. The van der Waals surface area contributed by atoms with E-state index < -0.39 is 0 Å². The number of ether oxygens (including phenoxy) is 2. The Hall–Kier alpha value is -1.10. The molecule has 1 N–H and O–H groups in total. The highest BCUT2D eigenvalue weighted by atomic mass is 16.5. The zero-order valence-corrected chi connectivity index (χ0v) is 11.2. The molecule has 0 amide bonds. The fourth-order valence-electron chi connectivity index (χ4n) is 2.32. The molecule has 1 fully saturated rings. The van der Waals surface area contributed by atoms with Crippen LogP contribution in [0.3, 0.4) is 0 Å². The monoisotopic (exact) mass is 250 g/mol. The van der Waals surface area contributed by atoms with Crippen LogP contribution in [0, 0.1) is 0 Å². The molecule has 0 saturated carbocycles. The van der Waals surface area contributed by atoms with E-state index in [9.17, 15) is 0 Å². The summed E-state index contributed by atoms with van der Waals surface area (Å²) in [6.45, 7) is 2.64. The largest absolute Gasteiger partial charge is 0.497 e. The number of methoxy groups -OCH3 is 1. The predicted molar refractivity (Wildman–Crippen MR) is 71.4 cm³/mol. The maximum Gasteiger partial charge on any atom is 0.118 e. The van der Waals surface area contributed by atoms with E-state index in [0.29, 0.717) is 6.04 Å². The lowest BCUT2D eigenvalue weighted by Gasteiger charge is -2.33. The quantitative estimate of drug-likeness (QED) is 0.808. The van der Waals surface area contributed by atoms with Crippen LogP contribution in [0.2, 0.25) is 0 Å². The van der Waals surface area contributed by atoms with E-state index in [0.717, 1.165) is 38.3 Å². The normalized spacial score (nSPS) is 17.1. The van der Waals surface area contributed by atoms with Gasteiger partial charge in [-0.05, 0) is 37.6 Å². The van der Waals surface area contributed by atoms with Crippen LogP contribution in [-0.4, -0.2) is 38.4 Å². The summed E-state index contributed by atoms with van der Waals surface area (Å²) in [6.07, 6.45) is 2.19. The van der Waals surface area contributed by atoms with Crippen molar-refractivity contribution in [3.63, 3.8) is 0 Å². The van der Waals surface area contributed by atoms with Gasteiger partial charge in [0.25, 0.3) is 0 Å². The molecule has 0 radical (unpaired) electrons. The molecule has 0 aromatic heterocycles. The molecule has 4 nitrogen and oxygen atoms in total. The summed E-state index contributed by atoms with van der Waals surface area (Å²) in [5.41, 5.74) is 4.58. The number of hydrogen-bond donors (Lipinski definition) is 1. The van der Waals surface area contributed by atoms with Gasteiger partial charge >= 0.3 is 0 Å². The standard InChI is InChI=1S/C14H22N2O2/c1-15-16(13-7-9-18-10-8-13)11-12-3-5-14(17-2)6-4-12/h3-6,13,15H,7-11H2,1-2H3. The maximum atomic E-state index is 5.40. The number of rotatable bonds is 5. The highest BCUT2D eigenvalue weighted by Crippen LogP contribution is 2.17. The van der Waals surface area contributed by atoms with E-state index in [4.69, 9.17) is 9.47 Å². The van der Waals surface area contributed by atoms with Crippen molar-refractivity contribution in [2.24, 2.45) is 0 Å². The Morgan fingerprint density at radius 1 is 1.28 bits per heavy atom. The van der Waals surface area contributed by atoms with Gasteiger partial charge in [-0.1, -0.05) is 12.1 Å². The van der Waals surface area contributed by atoms with Crippen molar-refractivity contribution in [3.05, 3.63) is 29.8 Å². The lowest BCUT2D eigenvalue weighted by molar-refractivity contribution is 0.0126. The fourth-order valence-corrected chi connectivity index (χ4v) is 2.32. The first-order valence-electron chi connectivity index (χ1n) is 6.48. The lowest BCUT2D eigenvalue weighted by atomic mass is 10.1. The Bertz CT molecular complexity index is 347. The average molecular weight is 250 g/mol. The van der Waals surface area contributed by atoms with Gasteiger partial charge in [0.2, 0.25) is 0 Å². The molecule has 2 rings (SSSR count). The van der Waals surface area contributed by atoms with Crippen LogP contribution >= 0.6 is 0 Å². The highest BCUT2D eigenvalue weighted by Gasteiger charge is 2.20. The summed E-state index contributed by atoms with van der Waals surface area (Å²) in [5, 5.41) is 2.30. The fraction of sp³-hybridized carbons (Fsp3) is 0.571. The molecule has 0 aliphatic carbocycles. The Balaban J connectivity index is 1.95. The molecule has 4 heteroatoms. The zero-order valence-electron chi connectivity index (χ0n) is 11.2. The van der Waals surface area contributed by atoms with Gasteiger partial charge in [0.15, 0.2) is 0 Å². The van der Waals surface area contributed by atoms with Gasteiger partial charge in [-0.25, -0.2) is 5.01 Å². The molecule has 1 heterocycles. The van der Waals surface area contributed by atoms with Crippen molar-refractivity contribution < 1.29 is 9.47 Å². The molecule has 1 aliphatic heterocycles. The summed E-state index contributed by atoms with van der Waals surface area (Å²) in [4.78, 5) is 0. The van der Waals surface area contributed by atoms with Gasteiger partial charge in [-0.3, -0.25) is 5.43 Å². The number of hydrazine groups is 1. The summed E-state index contributed by atoms with van der Waals surface area (Å²) in [7, 11) is 3.68. The summed E-state index contributed by atoms with van der Waals surface area (Å²) >= 11 is 0. The molecular formula is C14H22N2O2. The van der Waals surface area contributed by atoms with Crippen LogP contribution in [0.5, 0.6) is 5.75 Å². The Labute approximate surface area is 109 Å². The van der Waals surface area contributed by atoms with Crippen molar-refractivity contribution in [1.29, 1.82) is 0 Å². The Morgan fingerprint density at radius 3 is 2.50 bits per heavy atom. The first-order chi connectivity index (χ1) is 8.83. The molecule has 0 unspecified atom stereocenters. The first kappa shape index (κ1) is 13.3. The third-order valence-corrected chi connectivity index (χ3v) is 3.43. The van der Waals surface area contributed by atoms with E-state index in [-0.39, 0.29) is 0 Å². The average Bonchev–Trinajstić information content (AvgIpc) is 2.46. The van der Waals surface area contributed by atoms with Crippen molar-refractivity contribution in [2.45, 2.75) is 25.4 Å². The van der Waals surface area contributed by atoms with Gasteiger partial charge in [-0.15, -0.1) is 0 Å². The molecule has 1 aromatic rings. The predicted octanol–water partition coefficient (Wildman–Crippen LogP) is 1.81. The third-order valence-electron chi connectivity index (χ3n) is 3.43. The van der Waals surface area contributed by atoms with Gasteiger partial charge in [0, 0.05) is 25.8 Å². The van der Waals surface area contributed by atoms with Crippen molar-refractivity contribution in [1.82, 2.24) is 10.4 Å². The zero-order chi connectivity index (χ0) is 12.8. The number of hydrogen-bond acceptors (Lipinski definition) is 4.